The summed E-state index contributed by atoms with van der Waals surface area (Å²) in [4.78, 5) is 23.8. The van der Waals surface area contributed by atoms with E-state index in [1.165, 1.54) is 49.2 Å². The fourth-order valence-corrected chi connectivity index (χ4v) is 3.99. The van der Waals surface area contributed by atoms with Crippen molar-refractivity contribution in [2.45, 2.75) is 19.4 Å². The third-order valence-electron chi connectivity index (χ3n) is 5.65. The number of aromatic nitrogens is 2. The highest BCUT2D eigenvalue weighted by Crippen LogP contribution is 2.29. The predicted octanol–water partition coefficient (Wildman–Crippen LogP) is 5.94. The van der Waals surface area contributed by atoms with E-state index in [4.69, 9.17) is 9.72 Å². The van der Waals surface area contributed by atoms with Crippen LogP contribution >= 0.6 is 0 Å². The Morgan fingerprint density at radius 3 is 2.54 bits per heavy atom. The van der Waals surface area contributed by atoms with Crippen molar-refractivity contribution in [2.75, 3.05) is 23.7 Å². The van der Waals surface area contributed by atoms with Crippen LogP contribution in [0.4, 0.5) is 25.0 Å². The van der Waals surface area contributed by atoms with Gasteiger partial charge in [0.05, 0.1) is 22.9 Å². The van der Waals surface area contributed by atoms with Crippen LogP contribution in [0.15, 0.2) is 66.9 Å². The fraction of sp³-hybridized carbons (Fsp3) is 0.192. The fourth-order valence-electron chi connectivity index (χ4n) is 3.99. The maximum absolute atomic E-state index is 14.5. The molecule has 1 saturated heterocycles. The molecule has 0 saturated carbocycles. The average Bonchev–Trinajstić information content (AvgIpc) is 3.34. The lowest BCUT2D eigenvalue weighted by Gasteiger charge is -2.14. The number of carbonyl (C=O) groups excluding carboxylic acids is 1. The van der Waals surface area contributed by atoms with Crippen LogP contribution in [-0.4, -0.2) is 34.0 Å². The van der Waals surface area contributed by atoms with Gasteiger partial charge in [-0.3, -0.25) is 9.88 Å². The second-order valence-electron chi connectivity index (χ2n) is 8.33. The molecule has 1 aliphatic heterocycles. The molecule has 0 atom stereocenters. The van der Waals surface area contributed by atoms with Gasteiger partial charge in [-0.2, -0.15) is 0 Å². The smallest absolute Gasteiger partial charge is 0.323 e. The van der Waals surface area contributed by atoms with E-state index < -0.39 is 17.7 Å². The van der Waals surface area contributed by atoms with Crippen molar-refractivity contribution in [3.63, 3.8) is 0 Å². The summed E-state index contributed by atoms with van der Waals surface area (Å²) in [5, 5.41) is 5.11. The van der Waals surface area contributed by atoms with Gasteiger partial charge < -0.3 is 15.4 Å². The van der Waals surface area contributed by atoms with E-state index >= 15 is 0 Å². The molecule has 0 spiro atoms. The molecule has 1 fully saturated rings. The molecule has 0 aliphatic carbocycles. The molecule has 1 aromatic heterocycles. The van der Waals surface area contributed by atoms with Crippen LogP contribution in [0.1, 0.15) is 18.5 Å². The Labute approximate surface area is 200 Å². The SMILES string of the molecule is O=C(Nc1cccc(F)c1)Nc1ccc(F)c(Oc2ccc3ncc(CN4CCCC4)nc3c2)c1. The third-order valence-corrected chi connectivity index (χ3v) is 5.65. The highest BCUT2D eigenvalue weighted by molar-refractivity contribution is 5.99. The second kappa shape index (κ2) is 10.0. The van der Waals surface area contributed by atoms with Gasteiger partial charge in [-0.25, -0.2) is 18.6 Å². The standard InChI is InChI=1S/C26H23F2N5O2/c27-17-4-3-5-18(12-17)31-26(34)32-19-6-8-22(28)25(13-19)35-21-7-9-23-24(14-21)30-20(15-29-23)16-33-10-1-2-11-33/h3-9,12-15H,1-2,10-11,16H2,(H2,31,32,34). The number of hydrogen-bond donors (Lipinski definition) is 2. The molecule has 7 nitrogen and oxygen atoms in total. The Morgan fingerprint density at radius 1 is 0.943 bits per heavy atom. The van der Waals surface area contributed by atoms with E-state index in [-0.39, 0.29) is 5.75 Å². The van der Waals surface area contributed by atoms with E-state index in [0.29, 0.717) is 28.2 Å². The summed E-state index contributed by atoms with van der Waals surface area (Å²) in [6.07, 6.45) is 4.18. The third kappa shape index (κ3) is 5.70. The van der Waals surface area contributed by atoms with Gasteiger partial charge in [0, 0.05) is 30.1 Å². The number of halogens is 2. The molecule has 1 aliphatic rings. The van der Waals surface area contributed by atoms with Gasteiger partial charge in [-0.1, -0.05) is 6.07 Å². The highest BCUT2D eigenvalue weighted by atomic mass is 19.1. The quantitative estimate of drug-likeness (QED) is 0.361. The summed E-state index contributed by atoms with van der Waals surface area (Å²) in [6.45, 7) is 2.87. The molecular formula is C26H23F2N5O2. The number of rotatable bonds is 6. The molecule has 35 heavy (non-hydrogen) atoms. The molecule has 5 rings (SSSR count). The van der Waals surface area contributed by atoms with Crippen LogP contribution in [-0.2, 0) is 6.54 Å². The van der Waals surface area contributed by atoms with Crippen molar-refractivity contribution < 1.29 is 18.3 Å². The van der Waals surface area contributed by atoms with E-state index in [1.54, 1.807) is 30.5 Å². The first-order valence-corrected chi connectivity index (χ1v) is 11.3. The first kappa shape index (κ1) is 22.7. The molecule has 2 N–H and O–H groups in total. The summed E-state index contributed by atoms with van der Waals surface area (Å²) in [6, 6.07) is 14.1. The Bertz CT molecular complexity index is 1380. The van der Waals surface area contributed by atoms with Crippen LogP contribution in [0.25, 0.3) is 11.0 Å². The summed E-state index contributed by atoms with van der Waals surface area (Å²) in [5.41, 5.74) is 2.85. The zero-order chi connectivity index (χ0) is 24.2. The van der Waals surface area contributed by atoms with Crippen LogP contribution in [0, 0.1) is 11.6 Å². The van der Waals surface area contributed by atoms with Crippen molar-refractivity contribution in [2.24, 2.45) is 0 Å². The first-order chi connectivity index (χ1) is 17.0. The Balaban J connectivity index is 1.30. The number of fused-ring (bicyclic) bond motifs is 1. The monoisotopic (exact) mass is 475 g/mol. The second-order valence-corrected chi connectivity index (χ2v) is 8.33. The number of urea groups is 1. The Hall–Kier alpha value is -4.11. The topological polar surface area (TPSA) is 79.4 Å². The van der Waals surface area contributed by atoms with Crippen molar-refractivity contribution in [3.05, 3.63) is 84.2 Å². The van der Waals surface area contributed by atoms with Gasteiger partial charge in [0.2, 0.25) is 0 Å². The van der Waals surface area contributed by atoms with Crippen molar-refractivity contribution >= 4 is 28.4 Å². The maximum atomic E-state index is 14.5. The van der Waals surface area contributed by atoms with Crippen LogP contribution in [0.2, 0.25) is 0 Å². The lowest BCUT2D eigenvalue weighted by Crippen LogP contribution is -2.19. The van der Waals surface area contributed by atoms with E-state index in [0.717, 1.165) is 25.3 Å². The number of anilines is 2. The van der Waals surface area contributed by atoms with Crippen LogP contribution in [0.5, 0.6) is 11.5 Å². The zero-order valence-corrected chi connectivity index (χ0v) is 18.8. The molecule has 3 aromatic carbocycles. The summed E-state index contributed by atoms with van der Waals surface area (Å²) < 4.78 is 33.6. The number of amides is 2. The normalized spacial score (nSPS) is 13.7. The number of carbonyl (C=O) groups is 1. The zero-order valence-electron chi connectivity index (χ0n) is 18.8. The number of nitrogens with one attached hydrogen (secondary N) is 2. The summed E-state index contributed by atoms with van der Waals surface area (Å²) >= 11 is 0. The number of benzene rings is 3. The van der Waals surface area contributed by atoms with E-state index in [2.05, 4.69) is 20.5 Å². The largest absolute Gasteiger partial charge is 0.454 e. The van der Waals surface area contributed by atoms with Gasteiger partial charge in [-0.05, 0) is 68.4 Å². The van der Waals surface area contributed by atoms with Crippen molar-refractivity contribution in [1.29, 1.82) is 0 Å². The number of hydrogen-bond acceptors (Lipinski definition) is 5. The van der Waals surface area contributed by atoms with E-state index in [9.17, 15) is 13.6 Å². The highest BCUT2D eigenvalue weighted by Gasteiger charge is 2.14. The lowest BCUT2D eigenvalue weighted by atomic mass is 10.2. The van der Waals surface area contributed by atoms with Gasteiger partial charge in [-0.15, -0.1) is 0 Å². The van der Waals surface area contributed by atoms with Crippen LogP contribution in [0.3, 0.4) is 0 Å². The molecular weight excluding hydrogens is 452 g/mol. The van der Waals surface area contributed by atoms with Crippen molar-refractivity contribution in [1.82, 2.24) is 14.9 Å². The number of ether oxygens (including phenoxy) is 1. The van der Waals surface area contributed by atoms with Gasteiger partial charge >= 0.3 is 6.03 Å². The van der Waals surface area contributed by atoms with Gasteiger partial charge in [0.1, 0.15) is 11.6 Å². The minimum atomic E-state index is -0.598. The molecule has 178 valence electrons. The molecule has 9 heteroatoms. The minimum Gasteiger partial charge on any atom is -0.454 e. The minimum absolute atomic E-state index is 0.0610. The predicted molar refractivity (Wildman–Crippen MR) is 130 cm³/mol. The molecule has 4 aromatic rings. The number of likely N-dealkylation sites (tertiary alicyclic amines) is 1. The molecule has 2 heterocycles. The molecule has 0 unspecified atom stereocenters. The first-order valence-electron chi connectivity index (χ1n) is 11.3. The van der Waals surface area contributed by atoms with E-state index in [1.807, 2.05) is 0 Å². The Kier molecular flexibility index (Phi) is 6.49. The van der Waals surface area contributed by atoms with Crippen molar-refractivity contribution in [3.8, 4) is 11.5 Å². The molecule has 0 radical (unpaired) electrons. The maximum Gasteiger partial charge on any atom is 0.323 e. The summed E-state index contributed by atoms with van der Waals surface area (Å²) in [7, 11) is 0. The average molecular weight is 475 g/mol. The van der Waals surface area contributed by atoms with Gasteiger partial charge in [0.25, 0.3) is 0 Å². The number of nitrogens with zero attached hydrogens (tertiary/aromatic N) is 3. The Morgan fingerprint density at radius 2 is 1.74 bits per heavy atom. The summed E-state index contributed by atoms with van der Waals surface area (Å²) in [5.74, 6) is -0.724. The van der Waals surface area contributed by atoms with Gasteiger partial charge in [0.15, 0.2) is 11.6 Å². The molecule has 2 amide bonds. The van der Waals surface area contributed by atoms with Crippen LogP contribution < -0.4 is 15.4 Å². The lowest BCUT2D eigenvalue weighted by molar-refractivity contribution is 0.262. The molecule has 0 bridgehead atoms.